The minimum Gasteiger partial charge on any atom is -0.467 e. The van der Waals surface area contributed by atoms with E-state index in [9.17, 15) is 22.4 Å². The predicted octanol–water partition coefficient (Wildman–Crippen LogP) is 1.00. The fourth-order valence-electron chi connectivity index (χ4n) is 2.29. The molecule has 2 rings (SSSR count). The molecule has 0 fully saturated rings. The molecule has 0 spiro atoms. The SMILES string of the molecule is COC(=O)[C@@H](Cc1ccccc1)NC(=O)CNS(=O)(=O)c1ccc(F)cc1. The number of nitrogens with one attached hydrogen (secondary N) is 2. The number of hydrogen-bond donors (Lipinski definition) is 2. The molecule has 1 amide bonds. The minimum atomic E-state index is -3.99. The molecular weight excluding hydrogens is 375 g/mol. The molecule has 2 N–H and O–H groups in total. The van der Waals surface area contributed by atoms with Crippen LogP contribution in [0.4, 0.5) is 4.39 Å². The average Bonchev–Trinajstić information content (AvgIpc) is 2.66. The Labute approximate surface area is 156 Å². The number of carbonyl (C=O) groups is 2. The van der Waals surface area contributed by atoms with Gasteiger partial charge in [-0.1, -0.05) is 30.3 Å². The Bertz CT molecular complexity index is 886. The third-order valence-corrected chi connectivity index (χ3v) is 5.07. The van der Waals surface area contributed by atoms with E-state index in [0.29, 0.717) is 0 Å². The third kappa shape index (κ3) is 6.15. The quantitative estimate of drug-likeness (QED) is 0.651. The number of benzene rings is 2. The van der Waals surface area contributed by atoms with E-state index >= 15 is 0 Å². The lowest BCUT2D eigenvalue weighted by Gasteiger charge is -2.17. The molecule has 0 aliphatic rings. The lowest BCUT2D eigenvalue weighted by atomic mass is 10.1. The first-order valence-corrected chi connectivity index (χ1v) is 9.46. The van der Waals surface area contributed by atoms with Crippen LogP contribution in [0.25, 0.3) is 0 Å². The molecule has 144 valence electrons. The van der Waals surface area contributed by atoms with Crippen LogP contribution in [0.1, 0.15) is 5.56 Å². The van der Waals surface area contributed by atoms with E-state index < -0.39 is 40.3 Å². The van der Waals surface area contributed by atoms with Gasteiger partial charge in [0, 0.05) is 6.42 Å². The Morgan fingerprint density at radius 1 is 1.07 bits per heavy atom. The van der Waals surface area contributed by atoms with Crippen LogP contribution in [0.2, 0.25) is 0 Å². The highest BCUT2D eigenvalue weighted by Gasteiger charge is 2.23. The molecule has 1 atom stereocenters. The number of methoxy groups -OCH3 is 1. The number of rotatable bonds is 8. The van der Waals surface area contributed by atoms with Gasteiger partial charge in [0.1, 0.15) is 11.9 Å². The second-order valence-electron chi connectivity index (χ2n) is 5.61. The smallest absolute Gasteiger partial charge is 0.328 e. The number of hydrogen-bond acceptors (Lipinski definition) is 5. The molecule has 0 aliphatic carbocycles. The first-order chi connectivity index (χ1) is 12.8. The van der Waals surface area contributed by atoms with Crippen molar-refractivity contribution in [3.8, 4) is 0 Å². The van der Waals surface area contributed by atoms with Gasteiger partial charge in [-0.3, -0.25) is 4.79 Å². The molecule has 27 heavy (non-hydrogen) atoms. The van der Waals surface area contributed by atoms with E-state index in [1.165, 1.54) is 7.11 Å². The largest absolute Gasteiger partial charge is 0.467 e. The van der Waals surface area contributed by atoms with Gasteiger partial charge in [0.05, 0.1) is 18.6 Å². The number of carbonyl (C=O) groups excluding carboxylic acids is 2. The van der Waals surface area contributed by atoms with Crippen LogP contribution < -0.4 is 10.0 Å². The first kappa shape index (κ1) is 20.5. The second kappa shape index (κ2) is 9.24. The van der Waals surface area contributed by atoms with Crippen molar-refractivity contribution in [2.45, 2.75) is 17.4 Å². The Hall–Kier alpha value is -2.78. The molecule has 0 saturated heterocycles. The lowest BCUT2D eigenvalue weighted by Crippen LogP contribution is -2.47. The van der Waals surface area contributed by atoms with E-state index in [1.54, 1.807) is 24.3 Å². The van der Waals surface area contributed by atoms with Gasteiger partial charge >= 0.3 is 5.97 Å². The zero-order valence-electron chi connectivity index (χ0n) is 14.5. The highest BCUT2D eigenvalue weighted by molar-refractivity contribution is 7.89. The maximum Gasteiger partial charge on any atom is 0.328 e. The molecule has 2 aromatic carbocycles. The second-order valence-corrected chi connectivity index (χ2v) is 7.38. The van der Waals surface area contributed by atoms with Crippen molar-refractivity contribution < 1.29 is 27.1 Å². The molecule has 0 unspecified atom stereocenters. The number of sulfonamides is 1. The average molecular weight is 394 g/mol. The summed E-state index contributed by atoms with van der Waals surface area (Å²) in [4.78, 5) is 23.8. The van der Waals surface area contributed by atoms with Gasteiger partial charge in [-0.2, -0.15) is 0 Å². The van der Waals surface area contributed by atoms with Gasteiger partial charge in [0.25, 0.3) is 0 Å². The van der Waals surface area contributed by atoms with Gasteiger partial charge in [-0.25, -0.2) is 22.3 Å². The van der Waals surface area contributed by atoms with Gasteiger partial charge in [-0.05, 0) is 29.8 Å². The summed E-state index contributed by atoms with van der Waals surface area (Å²) in [5, 5.41) is 2.45. The van der Waals surface area contributed by atoms with Crippen LogP contribution in [-0.2, 0) is 30.8 Å². The van der Waals surface area contributed by atoms with Gasteiger partial charge in [0.15, 0.2) is 0 Å². The number of esters is 1. The zero-order chi connectivity index (χ0) is 19.9. The predicted molar refractivity (Wildman–Crippen MR) is 95.7 cm³/mol. The molecular formula is C18H19FN2O5S. The molecule has 0 heterocycles. The Morgan fingerprint density at radius 3 is 2.30 bits per heavy atom. The molecule has 0 bridgehead atoms. The van der Waals surface area contributed by atoms with Crippen LogP contribution >= 0.6 is 0 Å². The summed E-state index contributed by atoms with van der Waals surface area (Å²) in [5.41, 5.74) is 0.806. The van der Waals surface area contributed by atoms with Crippen LogP contribution in [0.3, 0.4) is 0 Å². The van der Waals surface area contributed by atoms with Crippen molar-refractivity contribution in [3.05, 3.63) is 66.0 Å². The van der Waals surface area contributed by atoms with E-state index in [2.05, 4.69) is 14.8 Å². The van der Waals surface area contributed by atoms with Crippen LogP contribution in [-0.4, -0.2) is 40.0 Å². The summed E-state index contributed by atoms with van der Waals surface area (Å²) < 4.78 is 43.9. The number of amides is 1. The molecule has 0 saturated carbocycles. The highest BCUT2D eigenvalue weighted by Crippen LogP contribution is 2.09. The summed E-state index contributed by atoms with van der Waals surface area (Å²) in [6.45, 7) is -0.581. The van der Waals surface area contributed by atoms with Crippen molar-refractivity contribution in [1.29, 1.82) is 0 Å². The fraction of sp³-hybridized carbons (Fsp3) is 0.222. The Balaban J connectivity index is 1.98. The van der Waals surface area contributed by atoms with Crippen molar-refractivity contribution in [1.82, 2.24) is 10.0 Å². The van der Waals surface area contributed by atoms with Gasteiger partial charge < -0.3 is 10.1 Å². The van der Waals surface area contributed by atoms with Crippen LogP contribution in [0.5, 0.6) is 0 Å². The molecule has 0 radical (unpaired) electrons. The van der Waals surface area contributed by atoms with E-state index in [0.717, 1.165) is 29.8 Å². The van der Waals surface area contributed by atoms with Crippen molar-refractivity contribution >= 4 is 21.9 Å². The van der Waals surface area contributed by atoms with Crippen LogP contribution in [0.15, 0.2) is 59.5 Å². The maximum absolute atomic E-state index is 12.9. The van der Waals surface area contributed by atoms with E-state index in [4.69, 9.17) is 0 Å². The lowest BCUT2D eigenvalue weighted by molar-refractivity contribution is -0.144. The minimum absolute atomic E-state index is 0.175. The monoisotopic (exact) mass is 394 g/mol. The molecule has 2 aromatic rings. The van der Waals surface area contributed by atoms with Crippen LogP contribution in [0, 0.1) is 5.82 Å². The highest BCUT2D eigenvalue weighted by atomic mass is 32.2. The van der Waals surface area contributed by atoms with Gasteiger partial charge in [0.2, 0.25) is 15.9 Å². The van der Waals surface area contributed by atoms with Crippen molar-refractivity contribution in [2.24, 2.45) is 0 Å². The summed E-state index contributed by atoms with van der Waals surface area (Å²) in [6, 6.07) is 12.2. The number of ether oxygens (including phenoxy) is 1. The standard InChI is InChI=1S/C18H19FN2O5S/c1-26-18(23)16(11-13-5-3-2-4-6-13)21-17(22)12-20-27(24,25)15-9-7-14(19)8-10-15/h2-10,16,20H,11-12H2,1H3,(H,21,22)/t16-/m1/s1. The fourth-order valence-corrected chi connectivity index (χ4v) is 3.27. The molecule has 7 nitrogen and oxygen atoms in total. The third-order valence-electron chi connectivity index (χ3n) is 3.65. The molecule has 9 heteroatoms. The Kier molecular flexibility index (Phi) is 7.03. The summed E-state index contributed by atoms with van der Waals surface area (Å²) >= 11 is 0. The summed E-state index contributed by atoms with van der Waals surface area (Å²) in [7, 11) is -2.79. The van der Waals surface area contributed by atoms with Gasteiger partial charge in [-0.15, -0.1) is 0 Å². The first-order valence-electron chi connectivity index (χ1n) is 7.98. The molecule has 0 aliphatic heterocycles. The normalized spacial score (nSPS) is 12.2. The maximum atomic E-state index is 12.9. The summed E-state index contributed by atoms with van der Waals surface area (Å²) in [6.07, 6.45) is 0.198. The summed E-state index contributed by atoms with van der Waals surface area (Å²) in [5.74, 6) is -1.92. The Morgan fingerprint density at radius 2 is 1.70 bits per heavy atom. The van der Waals surface area contributed by atoms with E-state index in [1.807, 2.05) is 6.07 Å². The van der Waals surface area contributed by atoms with E-state index in [-0.39, 0.29) is 11.3 Å². The molecule has 0 aromatic heterocycles. The number of halogens is 1. The topological polar surface area (TPSA) is 102 Å². The van der Waals surface area contributed by atoms with Crippen molar-refractivity contribution in [3.63, 3.8) is 0 Å². The van der Waals surface area contributed by atoms with Crippen molar-refractivity contribution in [2.75, 3.05) is 13.7 Å². The zero-order valence-corrected chi connectivity index (χ0v) is 15.3.